The van der Waals surface area contributed by atoms with Gasteiger partial charge in [0.1, 0.15) is 5.75 Å². The molecular weight excluding hydrogens is 344 g/mol. The van der Waals surface area contributed by atoms with Gasteiger partial charge in [0.15, 0.2) is 0 Å². The van der Waals surface area contributed by atoms with Gasteiger partial charge in [0.25, 0.3) is 0 Å². The molecule has 0 heterocycles. The molecule has 5 heteroatoms. The van der Waals surface area contributed by atoms with Crippen LogP contribution in [0.1, 0.15) is 23.6 Å². The molecule has 0 bridgehead atoms. The molecule has 1 N–H and O–H groups in total. The highest BCUT2D eigenvalue weighted by Crippen LogP contribution is 2.22. The minimum Gasteiger partial charge on any atom is -0.497 e. The van der Waals surface area contributed by atoms with Crippen LogP contribution in [0.2, 0.25) is 0 Å². The minimum atomic E-state index is 0.0879. The van der Waals surface area contributed by atoms with Gasteiger partial charge >= 0.3 is 0 Å². The van der Waals surface area contributed by atoms with Crippen LogP contribution in [0.4, 0.5) is 0 Å². The highest BCUT2D eigenvalue weighted by Gasteiger charge is 2.15. The molecular formula is C21H28N2O2S. The highest BCUT2D eigenvalue weighted by atomic mass is 32.2. The Kier molecular flexibility index (Phi) is 8.01. The third-order valence-electron chi connectivity index (χ3n) is 4.24. The Morgan fingerprint density at radius 1 is 1.12 bits per heavy atom. The van der Waals surface area contributed by atoms with Crippen molar-refractivity contribution in [1.82, 2.24) is 10.2 Å². The summed E-state index contributed by atoms with van der Waals surface area (Å²) in [5, 5.41) is 3.07. The molecule has 0 spiro atoms. The lowest BCUT2D eigenvalue weighted by Gasteiger charge is -2.25. The molecule has 2 aromatic carbocycles. The van der Waals surface area contributed by atoms with Gasteiger partial charge in [0.2, 0.25) is 5.91 Å². The van der Waals surface area contributed by atoms with E-state index in [0.717, 1.165) is 16.4 Å². The molecule has 0 aromatic heterocycles. The van der Waals surface area contributed by atoms with E-state index >= 15 is 0 Å². The van der Waals surface area contributed by atoms with Gasteiger partial charge in [-0.05, 0) is 50.8 Å². The largest absolute Gasteiger partial charge is 0.497 e. The predicted molar refractivity (Wildman–Crippen MR) is 109 cm³/mol. The summed E-state index contributed by atoms with van der Waals surface area (Å²) in [4.78, 5) is 15.5. The van der Waals surface area contributed by atoms with Crippen LogP contribution in [0.25, 0.3) is 0 Å². The van der Waals surface area contributed by atoms with Gasteiger partial charge in [-0.1, -0.05) is 29.8 Å². The van der Waals surface area contributed by atoms with Crippen molar-refractivity contribution in [1.29, 1.82) is 0 Å². The van der Waals surface area contributed by atoms with E-state index in [1.807, 2.05) is 38.4 Å². The smallest absolute Gasteiger partial charge is 0.220 e. The van der Waals surface area contributed by atoms with Crippen molar-refractivity contribution in [2.24, 2.45) is 0 Å². The fourth-order valence-electron chi connectivity index (χ4n) is 2.62. The van der Waals surface area contributed by atoms with Crippen LogP contribution in [0, 0.1) is 6.92 Å². The van der Waals surface area contributed by atoms with Crippen molar-refractivity contribution in [3.8, 4) is 5.75 Å². The Balaban J connectivity index is 1.77. The average Bonchev–Trinajstić information content (AvgIpc) is 2.63. The summed E-state index contributed by atoms with van der Waals surface area (Å²) in [6.45, 7) is 2.69. The summed E-state index contributed by atoms with van der Waals surface area (Å²) < 4.78 is 5.15. The minimum absolute atomic E-state index is 0.0879. The zero-order valence-electron chi connectivity index (χ0n) is 16.0. The number of nitrogens with one attached hydrogen (secondary N) is 1. The Bertz CT molecular complexity index is 684. The third kappa shape index (κ3) is 6.39. The molecule has 1 amide bonds. The van der Waals surface area contributed by atoms with E-state index < -0.39 is 0 Å². The summed E-state index contributed by atoms with van der Waals surface area (Å²) in [5.41, 5.74) is 2.46. The SMILES string of the molecule is COc1ccc(SCCC(=O)NCC(c2ccc(C)cc2)N(C)C)cc1. The number of likely N-dealkylation sites (N-methyl/N-ethyl adjacent to an activating group) is 1. The van der Waals surface area contributed by atoms with Crippen molar-refractivity contribution in [2.75, 3.05) is 33.5 Å². The highest BCUT2D eigenvalue weighted by molar-refractivity contribution is 7.99. The fourth-order valence-corrected chi connectivity index (χ4v) is 3.47. The van der Waals surface area contributed by atoms with Crippen molar-refractivity contribution in [3.63, 3.8) is 0 Å². The predicted octanol–water partition coefficient (Wildman–Crippen LogP) is 3.90. The van der Waals surface area contributed by atoms with Crippen LogP contribution in [-0.4, -0.2) is 44.3 Å². The standard InChI is InChI=1S/C21H28N2O2S/c1-16-5-7-17(8-6-16)20(23(2)3)15-22-21(24)13-14-26-19-11-9-18(25-4)10-12-19/h5-12,20H,13-15H2,1-4H3,(H,22,24). The van der Waals surface area contributed by atoms with Gasteiger partial charge in [0.05, 0.1) is 13.2 Å². The summed E-state index contributed by atoms with van der Waals surface area (Å²) >= 11 is 1.68. The lowest BCUT2D eigenvalue weighted by atomic mass is 10.0. The number of hydrogen-bond acceptors (Lipinski definition) is 4. The Hall–Kier alpha value is -1.98. The van der Waals surface area contributed by atoms with Crippen LogP contribution in [-0.2, 0) is 4.79 Å². The van der Waals surface area contributed by atoms with E-state index in [2.05, 4.69) is 41.4 Å². The zero-order valence-corrected chi connectivity index (χ0v) is 16.8. The molecule has 0 aliphatic rings. The number of methoxy groups -OCH3 is 1. The second-order valence-corrected chi connectivity index (χ2v) is 7.64. The second kappa shape index (κ2) is 10.2. The molecule has 0 aliphatic carbocycles. The number of thioether (sulfide) groups is 1. The first kappa shape index (κ1) is 20.3. The molecule has 0 saturated carbocycles. The van der Waals surface area contributed by atoms with E-state index in [4.69, 9.17) is 4.74 Å². The van der Waals surface area contributed by atoms with Crippen molar-refractivity contribution in [2.45, 2.75) is 24.3 Å². The summed E-state index contributed by atoms with van der Waals surface area (Å²) in [6.07, 6.45) is 0.505. The van der Waals surface area contributed by atoms with Crippen LogP contribution in [0.15, 0.2) is 53.4 Å². The van der Waals surface area contributed by atoms with Crippen molar-refractivity contribution >= 4 is 17.7 Å². The average molecular weight is 373 g/mol. The lowest BCUT2D eigenvalue weighted by molar-refractivity contribution is -0.120. The van der Waals surface area contributed by atoms with E-state index in [1.54, 1.807) is 18.9 Å². The number of amides is 1. The fraction of sp³-hybridized carbons (Fsp3) is 0.381. The summed E-state index contributed by atoms with van der Waals surface area (Å²) in [7, 11) is 5.73. The van der Waals surface area contributed by atoms with Gasteiger partial charge in [0, 0.05) is 23.6 Å². The molecule has 2 rings (SSSR count). The van der Waals surface area contributed by atoms with Gasteiger partial charge in [-0.25, -0.2) is 0 Å². The molecule has 4 nitrogen and oxygen atoms in total. The monoisotopic (exact) mass is 372 g/mol. The molecule has 0 fully saturated rings. The van der Waals surface area contributed by atoms with Crippen LogP contribution in [0.3, 0.4) is 0 Å². The molecule has 1 unspecified atom stereocenters. The van der Waals surface area contributed by atoms with Crippen LogP contribution in [0.5, 0.6) is 5.75 Å². The quantitative estimate of drug-likeness (QED) is 0.678. The van der Waals surface area contributed by atoms with E-state index in [0.29, 0.717) is 13.0 Å². The Morgan fingerprint density at radius 2 is 1.77 bits per heavy atom. The van der Waals surface area contributed by atoms with Crippen molar-refractivity contribution < 1.29 is 9.53 Å². The van der Waals surface area contributed by atoms with E-state index in [1.165, 1.54) is 11.1 Å². The molecule has 140 valence electrons. The molecule has 0 saturated heterocycles. The number of carbonyl (C=O) groups excluding carboxylic acids is 1. The molecule has 2 aromatic rings. The maximum Gasteiger partial charge on any atom is 0.220 e. The molecule has 0 aliphatic heterocycles. The van der Waals surface area contributed by atoms with E-state index in [9.17, 15) is 4.79 Å². The van der Waals surface area contributed by atoms with Crippen LogP contribution < -0.4 is 10.1 Å². The van der Waals surface area contributed by atoms with Gasteiger partial charge in [-0.2, -0.15) is 0 Å². The van der Waals surface area contributed by atoms with Crippen LogP contribution >= 0.6 is 11.8 Å². The Morgan fingerprint density at radius 3 is 2.35 bits per heavy atom. The zero-order chi connectivity index (χ0) is 18.9. The third-order valence-corrected chi connectivity index (χ3v) is 5.25. The van der Waals surface area contributed by atoms with Gasteiger partial charge in [-0.3, -0.25) is 4.79 Å². The number of hydrogen-bond donors (Lipinski definition) is 1. The first-order chi connectivity index (χ1) is 12.5. The first-order valence-electron chi connectivity index (χ1n) is 8.76. The number of aryl methyl sites for hydroxylation is 1. The second-order valence-electron chi connectivity index (χ2n) is 6.47. The maximum atomic E-state index is 12.2. The number of ether oxygens (including phenoxy) is 1. The Labute approximate surface area is 160 Å². The lowest BCUT2D eigenvalue weighted by Crippen LogP contribution is -2.34. The van der Waals surface area contributed by atoms with Crippen molar-refractivity contribution in [3.05, 3.63) is 59.7 Å². The molecule has 1 atom stereocenters. The van der Waals surface area contributed by atoms with E-state index in [-0.39, 0.29) is 11.9 Å². The molecule has 0 radical (unpaired) electrons. The summed E-state index contributed by atoms with van der Waals surface area (Å²) in [6, 6.07) is 16.6. The van der Waals surface area contributed by atoms with Gasteiger partial charge in [-0.15, -0.1) is 11.8 Å². The molecule has 26 heavy (non-hydrogen) atoms. The topological polar surface area (TPSA) is 41.6 Å². The number of rotatable bonds is 9. The maximum absolute atomic E-state index is 12.2. The first-order valence-corrected chi connectivity index (χ1v) is 9.74. The summed E-state index contributed by atoms with van der Waals surface area (Å²) in [5.74, 6) is 1.69. The number of carbonyl (C=O) groups is 1. The number of nitrogens with zero attached hydrogens (tertiary/aromatic N) is 1. The van der Waals surface area contributed by atoms with Gasteiger partial charge < -0.3 is 15.0 Å². The number of benzene rings is 2. The normalized spacial score (nSPS) is 12.0.